The predicted molar refractivity (Wildman–Crippen MR) is 74.9 cm³/mol. The predicted octanol–water partition coefficient (Wildman–Crippen LogP) is -1.59. The average molecular weight is 323 g/mol. The van der Waals surface area contributed by atoms with E-state index in [0.717, 1.165) is 0 Å². The van der Waals surface area contributed by atoms with Crippen LogP contribution in [0.5, 0.6) is 0 Å². The van der Waals surface area contributed by atoms with Gasteiger partial charge in [-0.15, -0.1) is 0 Å². The van der Waals surface area contributed by atoms with Gasteiger partial charge >= 0.3 is 5.97 Å². The van der Waals surface area contributed by atoms with E-state index < -0.39 is 52.6 Å². The molecule has 2 amide bonds. The van der Waals surface area contributed by atoms with E-state index in [-0.39, 0.29) is 6.04 Å². The number of rotatable bonds is 9. The van der Waals surface area contributed by atoms with Crippen LogP contribution >= 0.6 is 0 Å². The van der Waals surface area contributed by atoms with Gasteiger partial charge in [0.15, 0.2) is 0 Å². The molecule has 0 fully saturated rings. The minimum Gasteiger partial charge on any atom is -0.480 e. The molecule has 0 aromatic rings. The maximum atomic E-state index is 11.6. The molecule has 4 N–H and O–H groups in total. The molecule has 0 aliphatic heterocycles. The number of aliphatic carboxylic acids is 1. The van der Waals surface area contributed by atoms with Gasteiger partial charge in [0.2, 0.25) is 21.8 Å². The van der Waals surface area contributed by atoms with Gasteiger partial charge in [-0.25, -0.2) is 13.1 Å². The lowest BCUT2D eigenvalue weighted by atomic mass is 10.3. The number of carboxylic acids is 1. The van der Waals surface area contributed by atoms with Crippen molar-refractivity contribution in [2.24, 2.45) is 0 Å². The highest BCUT2D eigenvalue weighted by molar-refractivity contribution is 7.89. The molecule has 0 aliphatic rings. The number of amides is 2. The molecule has 0 saturated heterocycles. The summed E-state index contributed by atoms with van der Waals surface area (Å²) in [4.78, 5) is 33.1. The van der Waals surface area contributed by atoms with Crippen molar-refractivity contribution in [1.29, 1.82) is 0 Å². The second-order valence-electron chi connectivity index (χ2n) is 4.74. The Morgan fingerprint density at radius 3 is 2.10 bits per heavy atom. The Hall–Kier alpha value is -1.68. The summed E-state index contributed by atoms with van der Waals surface area (Å²) in [6.07, 6.45) is -0.390. The largest absolute Gasteiger partial charge is 0.480 e. The van der Waals surface area contributed by atoms with Crippen LogP contribution < -0.4 is 15.4 Å². The van der Waals surface area contributed by atoms with Crippen molar-refractivity contribution in [3.63, 3.8) is 0 Å². The molecule has 0 spiro atoms. The van der Waals surface area contributed by atoms with Gasteiger partial charge in [-0.2, -0.15) is 0 Å². The molecule has 0 aliphatic carbocycles. The average Bonchev–Trinajstić information content (AvgIpc) is 2.33. The van der Waals surface area contributed by atoms with Crippen LogP contribution in [-0.2, 0) is 24.4 Å². The van der Waals surface area contributed by atoms with Crippen LogP contribution in [0.1, 0.15) is 27.2 Å². The van der Waals surface area contributed by atoms with Crippen LogP contribution in [0.15, 0.2) is 0 Å². The highest BCUT2D eigenvalue weighted by atomic mass is 32.2. The first-order chi connectivity index (χ1) is 9.53. The van der Waals surface area contributed by atoms with Gasteiger partial charge < -0.3 is 15.7 Å². The van der Waals surface area contributed by atoms with Crippen molar-refractivity contribution in [2.45, 2.75) is 39.3 Å². The van der Waals surface area contributed by atoms with E-state index in [0.29, 0.717) is 0 Å². The number of hydrogen-bond acceptors (Lipinski definition) is 5. The number of sulfonamides is 1. The third-order valence-electron chi connectivity index (χ3n) is 2.25. The molecule has 0 bridgehead atoms. The maximum absolute atomic E-state index is 11.6. The van der Waals surface area contributed by atoms with E-state index >= 15 is 0 Å². The lowest BCUT2D eigenvalue weighted by Gasteiger charge is -2.11. The zero-order valence-electron chi connectivity index (χ0n) is 12.2. The first-order valence-electron chi connectivity index (χ1n) is 6.32. The molecule has 9 nitrogen and oxygen atoms in total. The van der Waals surface area contributed by atoms with E-state index in [1.165, 1.54) is 6.92 Å². The highest BCUT2D eigenvalue weighted by Gasteiger charge is 2.18. The second kappa shape index (κ2) is 8.57. The molecule has 0 unspecified atom stereocenters. The molecule has 0 aromatic carbocycles. The lowest BCUT2D eigenvalue weighted by Crippen LogP contribution is -2.42. The molecule has 0 heterocycles. The van der Waals surface area contributed by atoms with Crippen molar-refractivity contribution in [3.05, 3.63) is 0 Å². The number of carboxylic acid groups (broad SMARTS) is 1. The van der Waals surface area contributed by atoms with E-state index in [9.17, 15) is 22.8 Å². The summed E-state index contributed by atoms with van der Waals surface area (Å²) in [6, 6.07) is -1.20. The second-order valence-corrected chi connectivity index (χ2v) is 6.67. The number of nitrogens with one attached hydrogen (secondary N) is 3. The number of hydrogen-bond donors (Lipinski definition) is 4. The van der Waals surface area contributed by atoms with Crippen molar-refractivity contribution in [1.82, 2.24) is 15.4 Å². The Morgan fingerprint density at radius 2 is 1.62 bits per heavy atom. The summed E-state index contributed by atoms with van der Waals surface area (Å²) in [5.41, 5.74) is 0. The monoisotopic (exact) mass is 323 g/mol. The fourth-order valence-corrected chi connectivity index (χ4v) is 2.17. The summed E-state index contributed by atoms with van der Waals surface area (Å²) in [7, 11) is -3.78. The van der Waals surface area contributed by atoms with Crippen LogP contribution in [0.25, 0.3) is 0 Å². The van der Waals surface area contributed by atoms with Crippen molar-refractivity contribution in [3.8, 4) is 0 Å². The molecular weight excluding hydrogens is 302 g/mol. The summed E-state index contributed by atoms with van der Waals surface area (Å²) in [6.45, 7) is 4.33. The van der Waals surface area contributed by atoms with E-state index in [1.54, 1.807) is 13.8 Å². The Labute approximate surface area is 123 Å². The molecule has 0 aromatic heterocycles. The maximum Gasteiger partial charge on any atom is 0.325 e. The van der Waals surface area contributed by atoms with Crippen LogP contribution in [-0.4, -0.2) is 55.7 Å². The third kappa shape index (κ3) is 9.79. The smallest absolute Gasteiger partial charge is 0.325 e. The van der Waals surface area contributed by atoms with Crippen molar-refractivity contribution >= 4 is 27.8 Å². The zero-order valence-corrected chi connectivity index (χ0v) is 13.0. The van der Waals surface area contributed by atoms with Gasteiger partial charge in [-0.05, 0) is 20.8 Å². The fourth-order valence-electron chi connectivity index (χ4n) is 1.22. The van der Waals surface area contributed by atoms with E-state index in [4.69, 9.17) is 5.11 Å². The Balaban J connectivity index is 4.16. The standard InChI is InChI=1S/C11H21N3O6S/c1-7(2)13-10(16)6-12-21(19,20)5-4-9(15)14-8(3)11(17)18/h7-8,12H,4-6H2,1-3H3,(H,13,16)(H,14,15)(H,17,18)/t8-/m1/s1. The third-order valence-corrected chi connectivity index (χ3v) is 3.57. The number of carbonyl (C=O) groups excluding carboxylic acids is 2. The molecule has 0 radical (unpaired) electrons. The summed E-state index contributed by atoms with van der Waals surface area (Å²) in [5, 5.41) is 13.2. The van der Waals surface area contributed by atoms with Gasteiger partial charge in [-0.1, -0.05) is 0 Å². The molecule has 1 atom stereocenters. The van der Waals surface area contributed by atoms with Crippen LogP contribution in [0.2, 0.25) is 0 Å². The van der Waals surface area contributed by atoms with Gasteiger partial charge in [0.25, 0.3) is 0 Å². The molecular formula is C11H21N3O6S. The lowest BCUT2D eigenvalue weighted by molar-refractivity contribution is -0.141. The molecule has 10 heteroatoms. The minimum atomic E-state index is -3.78. The highest BCUT2D eigenvalue weighted by Crippen LogP contribution is 1.92. The van der Waals surface area contributed by atoms with Gasteiger partial charge in [0, 0.05) is 12.5 Å². The molecule has 0 saturated carbocycles. The van der Waals surface area contributed by atoms with Gasteiger partial charge in [0.05, 0.1) is 12.3 Å². The van der Waals surface area contributed by atoms with Crippen LogP contribution in [0.3, 0.4) is 0 Å². The van der Waals surface area contributed by atoms with Gasteiger partial charge in [-0.3, -0.25) is 14.4 Å². The zero-order chi connectivity index (χ0) is 16.6. The Kier molecular flexibility index (Phi) is 7.89. The quantitative estimate of drug-likeness (QED) is 0.403. The van der Waals surface area contributed by atoms with Crippen LogP contribution in [0, 0.1) is 0 Å². The van der Waals surface area contributed by atoms with Gasteiger partial charge in [0.1, 0.15) is 6.04 Å². The summed E-state index contributed by atoms with van der Waals surface area (Å²) >= 11 is 0. The fraction of sp³-hybridized carbons (Fsp3) is 0.727. The normalized spacial score (nSPS) is 12.8. The Morgan fingerprint density at radius 1 is 1.05 bits per heavy atom. The SMILES string of the molecule is CC(C)NC(=O)CNS(=O)(=O)CCC(=O)N[C@H](C)C(=O)O. The summed E-state index contributed by atoms with van der Waals surface area (Å²) in [5.74, 6) is -2.91. The summed E-state index contributed by atoms with van der Waals surface area (Å²) < 4.78 is 25.2. The minimum absolute atomic E-state index is 0.106. The Bertz CT molecular complexity index is 488. The van der Waals surface area contributed by atoms with Crippen LogP contribution in [0.4, 0.5) is 0 Å². The molecule has 0 rings (SSSR count). The first-order valence-corrected chi connectivity index (χ1v) is 7.97. The topological polar surface area (TPSA) is 142 Å². The molecule has 21 heavy (non-hydrogen) atoms. The van der Waals surface area contributed by atoms with E-state index in [2.05, 4.69) is 15.4 Å². The van der Waals surface area contributed by atoms with E-state index in [1.807, 2.05) is 0 Å². The van der Waals surface area contributed by atoms with Crippen molar-refractivity contribution in [2.75, 3.05) is 12.3 Å². The first kappa shape index (κ1) is 19.3. The number of carbonyl (C=O) groups is 3. The molecule has 122 valence electrons. The van der Waals surface area contributed by atoms with Crippen molar-refractivity contribution < 1.29 is 27.9 Å².